The van der Waals surface area contributed by atoms with E-state index in [2.05, 4.69) is 20.0 Å². The van der Waals surface area contributed by atoms with E-state index in [4.69, 9.17) is 0 Å². The zero-order valence-electron chi connectivity index (χ0n) is 11.3. The number of nitrogens with zero attached hydrogens (tertiary/aromatic N) is 2. The van der Waals surface area contributed by atoms with Gasteiger partial charge in [-0.2, -0.15) is 0 Å². The van der Waals surface area contributed by atoms with Crippen LogP contribution in [0.15, 0.2) is 12.3 Å². The third kappa shape index (κ3) is 3.13. The summed E-state index contributed by atoms with van der Waals surface area (Å²) in [5.74, 6) is -0.0346. The van der Waals surface area contributed by atoms with E-state index in [1.807, 2.05) is 0 Å². The topological polar surface area (TPSA) is 101 Å². The predicted molar refractivity (Wildman–Crippen MR) is 75.0 cm³/mol. The van der Waals surface area contributed by atoms with Crippen molar-refractivity contribution in [2.75, 3.05) is 23.6 Å². The smallest absolute Gasteiger partial charge is 0.236 e. The predicted octanol–water partition coefficient (Wildman–Crippen LogP) is 0.0583. The van der Waals surface area contributed by atoms with Gasteiger partial charge in [0.2, 0.25) is 16.0 Å². The highest BCUT2D eigenvalue weighted by molar-refractivity contribution is 7.92. The Morgan fingerprint density at radius 3 is 2.75 bits per heavy atom. The lowest BCUT2D eigenvalue weighted by molar-refractivity contribution is -0.113. The molecule has 0 saturated carbocycles. The Bertz CT molecular complexity index is 582. The van der Waals surface area contributed by atoms with Crippen LogP contribution in [0, 0.1) is 0 Å². The molecule has 1 aliphatic rings. The molecular formula is C12H18N4O3S. The molecule has 8 heteroatoms. The molecule has 2 N–H and O–H groups in total. The Labute approximate surface area is 118 Å². The van der Waals surface area contributed by atoms with Gasteiger partial charge in [0.1, 0.15) is 6.29 Å². The van der Waals surface area contributed by atoms with Gasteiger partial charge >= 0.3 is 0 Å². The van der Waals surface area contributed by atoms with Gasteiger partial charge in [-0.3, -0.25) is 4.72 Å². The maximum absolute atomic E-state index is 11.5. The van der Waals surface area contributed by atoms with Crippen molar-refractivity contribution in [1.29, 1.82) is 0 Å². The Hall–Kier alpha value is -1.54. The van der Waals surface area contributed by atoms with Crippen molar-refractivity contribution in [2.24, 2.45) is 0 Å². The molecule has 0 radical (unpaired) electrons. The second-order valence-corrected chi connectivity index (χ2v) is 6.81. The van der Waals surface area contributed by atoms with Gasteiger partial charge in [0, 0.05) is 6.20 Å². The Morgan fingerprint density at radius 1 is 1.45 bits per heavy atom. The van der Waals surface area contributed by atoms with Crippen molar-refractivity contribution in [3.05, 3.63) is 18.0 Å². The van der Waals surface area contributed by atoms with Gasteiger partial charge in [-0.1, -0.05) is 0 Å². The van der Waals surface area contributed by atoms with Gasteiger partial charge in [0.05, 0.1) is 16.9 Å². The molecule has 20 heavy (non-hydrogen) atoms. The molecule has 0 aliphatic carbocycles. The van der Waals surface area contributed by atoms with Crippen LogP contribution < -0.4 is 10.0 Å². The molecule has 1 aromatic rings. The molecule has 1 saturated heterocycles. The molecule has 2 heterocycles. The van der Waals surface area contributed by atoms with Crippen LogP contribution in [-0.4, -0.2) is 43.5 Å². The van der Waals surface area contributed by atoms with Crippen molar-refractivity contribution >= 4 is 22.3 Å². The number of anilines is 1. The highest BCUT2D eigenvalue weighted by Gasteiger charge is 2.35. The van der Waals surface area contributed by atoms with Gasteiger partial charge in [-0.25, -0.2) is 18.4 Å². The molecule has 1 aliphatic heterocycles. The third-order valence-electron chi connectivity index (χ3n) is 3.51. The van der Waals surface area contributed by atoms with Crippen LogP contribution in [0.4, 0.5) is 5.95 Å². The highest BCUT2D eigenvalue weighted by Crippen LogP contribution is 2.30. The van der Waals surface area contributed by atoms with E-state index in [0.29, 0.717) is 18.5 Å². The van der Waals surface area contributed by atoms with E-state index in [1.54, 1.807) is 6.07 Å². The number of carbonyl (C=O) groups is 1. The normalized spacial score (nSPS) is 18.4. The van der Waals surface area contributed by atoms with Crippen LogP contribution in [0.25, 0.3) is 0 Å². The van der Waals surface area contributed by atoms with Crippen LogP contribution in [0.5, 0.6) is 0 Å². The standard InChI is InChI=1S/C12H18N4O3S/c1-2-20(18,19)16-11-14-6-3-10(15-11)12(9-17)4-7-13-8-5-12/h3,6,9,13H,2,4-5,7-8H2,1H3,(H,14,15,16). The largest absolute Gasteiger partial charge is 0.317 e. The van der Waals surface area contributed by atoms with Crippen LogP contribution in [0.1, 0.15) is 25.5 Å². The SMILES string of the molecule is CCS(=O)(=O)Nc1nccc(C2(C=O)CCNCC2)n1. The first-order chi connectivity index (χ1) is 9.51. The quantitative estimate of drug-likeness (QED) is 0.745. The summed E-state index contributed by atoms with van der Waals surface area (Å²) in [6.07, 6.45) is 3.68. The number of carbonyl (C=O) groups excluding carboxylic acids is 1. The lowest BCUT2D eigenvalue weighted by atomic mass is 9.77. The summed E-state index contributed by atoms with van der Waals surface area (Å²) < 4.78 is 25.4. The van der Waals surface area contributed by atoms with Gasteiger partial charge in [0.15, 0.2) is 0 Å². The number of piperidine rings is 1. The number of aromatic nitrogens is 2. The van der Waals surface area contributed by atoms with E-state index in [1.165, 1.54) is 13.1 Å². The Balaban J connectivity index is 2.31. The van der Waals surface area contributed by atoms with Crippen LogP contribution in [0.2, 0.25) is 0 Å². The molecule has 0 atom stereocenters. The molecule has 1 aromatic heterocycles. The van der Waals surface area contributed by atoms with Crippen molar-refractivity contribution in [3.63, 3.8) is 0 Å². The fraction of sp³-hybridized carbons (Fsp3) is 0.583. The minimum Gasteiger partial charge on any atom is -0.317 e. The molecule has 0 spiro atoms. The highest BCUT2D eigenvalue weighted by atomic mass is 32.2. The van der Waals surface area contributed by atoms with Gasteiger partial charge in [-0.05, 0) is 38.9 Å². The summed E-state index contributed by atoms with van der Waals surface area (Å²) in [6, 6.07) is 1.67. The lowest BCUT2D eigenvalue weighted by Gasteiger charge is -2.31. The molecule has 1 fully saturated rings. The third-order valence-corrected chi connectivity index (χ3v) is 4.77. The van der Waals surface area contributed by atoms with E-state index in [0.717, 1.165) is 19.4 Å². The van der Waals surface area contributed by atoms with Crippen molar-refractivity contribution in [1.82, 2.24) is 15.3 Å². The van der Waals surface area contributed by atoms with Crippen LogP contribution in [-0.2, 0) is 20.2 Å². The monoisotopic (exact) mass is 298 g/mol. The molecular weight excluding hydrogens is 280 g/mol. The first kappa shape index (κ1) is 14.9. The number of nitrogens with one attached hydrogen (secondary N) is 2. The molecule has 7 nitrogen and oxygen atoms in total. The van der Waals surface area contributed by atoms with Crippen LogP contribution >= 0.6 is 0 Å². The summed E-state index contributed by atoms with van der Waals surface area (Å²) in [5, 5.41) is 3.19. The molecule has 0 aromatic carbocycles. The Kier molecular flexibility index (Phi) is 4.34. The van der Waals surface area contributed by atoms with Crippen LogP contribution in [0.3, 0.4) is 0 Å². The first-order valence-electron chi connectivity index (χ1n) is 6.52. The minimum absolute atomic E-state index is 0.0177. The molecule has 0 bridgehead atoms. The maximum atomic E-state index is 11.5. The van der Waals surface area contributed by atoms with Crippen molar-refractivity contribution < 1.29 is 13.2 Å². The zero-order chi connectivity index (χ0) is 14.6. The average Bonchev–Trinajstić information content (AvgIpc) is 2.48. The number of hydrogen-bond donors (Lipinski definition) is 2. The van der Waals surface area contributed by atoms with E-state index < -0.39 is 15.4 Å². The molecule has 0 amide bonds. The van der Waals surface area contributed by atoms with E-state index >= 15 is 0 Å². The lowest BCUT2D eigenvalue weighted by Crippen LogP contribution is -2.41. The molecule has 110 valence electrons. The van der Waals surface area contributed by atoms with Gasteiger partial charge < -0.3 is 10.1 Å². The number of sulfonamides is 1. The van der Waals surface area contributed by atoms with Gasteiger partial charge in [-0.15, -0.1) is 0 Å². The summed E-state index contributed by atoms with van der Waals surface area (Å²) in [6.45, 7) is 3.00. The number of hydrogen-bond acceptors (Lipinski definition) is 6. The zero-order valence-corrected chi connectivity index (χ0v) is 12.1. The Morgan fingerprint density at radius 2 is 2.15 bits per heavy atom. The fourth-order valence-electron chi connectivity index (χ4n) is 2.20. The van der Waals surface area contributed by atoms with Crippen molar-refractivity contribution in [3.8, 4) is 0 Å². The van der Waals surface area contributed by atoms with Crippen molar-refractivity contribution in [2.45, 2.75) is 25.2 Å². The number of rotatable bonds is 5. The summed E-state index contributed by atoms with van der Waals surface area (Å²) in [7, 11) is -3.42. The average molecular weight is 298 g/mol. The van der Waals surface area contributed by atoms with E-state index in [-0.39, 0.29) is 11.7 Å². The molecule has 0 unspecified atom stereocenters. The summed E-state index contributed by atoms with van der Waals surface area (Å²) in [4.78, 5) is 19.6. The summed E-state index contributed by atoms with van der Waals surface area (Å²) in [5.41, 5.74) is -0.0848. The van der Waals surface area contributed by atoms with E-state index in [9.17, 15) is 13.2 Å². The second-order valence-electron chi connectivity index (χ2n) is 4.79. The second kappa shape index (κ2) is 5.84. The fourth-order valence-corrected chi connectivity index (χ4v) is 2.72. The summed E-state index contributed by atoms with van der Waals surface area (Å²) >= 11 is 0. The van der Waals surface area contributed by atoms with Gasteiger partial charge in [0.25, 0.3) is 0 Å². The maximum Gasteiger partial charge on any atom is 0.236 e. The number of aldehydes is 1. The minimum atomic E-state index is -3.42. The first-order valence-corrected chi connectivity index (χ1v) is 8.18. The molecule has 2 rings (SSSR count).